The summed E-state index contributed by atoms with van der Waals surface area (Å²) in [4.78, 5) is 12.6. The fraction of sp³-hybridized carbons (Fsp3) is 0.833. The number of nitrogens with one attached hydrogen (secondary N) is 1. The second kappa shape index (κ2) is 35.9. The van der Waals surface area contributed by atoms with Crippen LogP contribution in [0.4, 0.5) is 0 Å². The third kappa shape index (κ3) is 34.9. The molecule has 0 saturated heterocycles. The smallest absolute Gasteiger partial charge is 0.267 e. The van der Waals surface area contributed by atoms with E-state index in [1.165, 1.54) is 128 Å². The molecular weight excluding hydrogens is 647 g/mol. The van der Waals surface area contributed by atoms with Crippen LogP contribution >= 0.6 is 0 Å². The van der Waals surface area contributed by atoms with Crippen LogP contribution in [0.15, 0.2) is 36.5 Å². The van der Waals surface area contributed by atoms with Crippen molar-refractivity contribution in [3.05, 3.63) is 36.5 Å². The Labute approximate surface area is 309 Å². The van der Waals surface area contributed by atoms with E-state index in [0.29, 0.717) is 12.8 Å². The first-order chi connectivity index (χ1) is 24.2. The van der Waals surface area contributed by atoms with Gasteiger partial charge in [0.05, 0.1) is 17.9 Å². The number of carbonyl (C=O) groups excluding carboxylic acids is 1. The molecule has 0 aromatic carbocycles. The maximum absolute atomic E-state index is 12.6. The largest absolute Gasteiger partial charge is 0.387 e. The van der Waals surface area contributed by atoms with E-state index >= 15 is 0 Å². The van der Waals surface area contributed by atoms with Gasteiger partial charge >= 0.3 is 0 Å². The van der Waals surface area contributed by atoms with Gasteiger partial charge in [-0.1, -0.05) is 192 Å². The lowest BCUT2D eigenvalue weighted by molar-refractivity contribution is -0.130. The fourth-order valence-corrected chi connectivity index (χ4v) is 6.93. The molecule has 0 radical (unpaired) electrons. The molecule has 3 unspecified atom stereocenters. The summed E-state index contributed by atoms with van der Waals surface area (Å²) in [6.07, 6.45) is 43.5. The highest BCUT2D eigenvalue weighted by Gasteiger charge is 2.27. The van der Waals surface area contributed by atoms with Crippen molar-refractivity contribution < 1.29 is 28.0 Å². The summed E-state index contributed by atoms with van der Waals surface area (Å²) in [5.74, 6) is -1.56. The zero-order valence-corrected chi connectivity index (χ0v) is 33.2. The van der Waals surface area contributed by atoms with Gasteiger partial charge in [-0.3, -0.25) is 9.35 Å². The van der Waals surface area contributed by atoms with E-state index in [1.807, 2.05) is 0 Å². The van der Waals surface area contributed by atoms with Crippen molar-refractivity contribution in [3.63, 3.8) is 0 Å². The van der Waals surface area contributed by atoms with Crippen LogP contribution in [0.3, 0.4) is 0 Å². The number of amides is 1. The van der Waals surface area contributed by atoms with Crippen molar-refractivity contribution >= 4 is 16.0 Å². The fourth-order valence-electron chi connectivity index (χ4n) is 6.19. The first-order valence-electron chi connectivity index (χ1n) is 20.8. The lowest BCUT2D eigenvalue weighted by atomic mass is 10.0. The quantitative estimate of drug-likeness (QED) is 0.0287. The number of aliphatic hydroxyl groups excluding tert-OH is 2. The third-order valence-corrected chi connectivity index (χ3v) is 10.2. The van der Waals surface area contributed by atoms with E-state index in [9.17, 15) is 28.0 Å². The van der Waals surface area contributed by atoms with Crippen LogP contribution in [0.1, 0.15) is 200 Å². The number of hydrogen-bond donors (Lipinski definition) is 4. The molecule has 8 heteroatoms. The van der Waals surface area contributed by atoms with E-state index in [2.05, 4.69) is 43.5 Å². The highest BCUT2D eigenvalue weighted by molar-refractivity contribution is 7.85. The van der Waals surface area contributed by atoms with Crippen molar-refractivity contribution in [2.24, 2.45) is 0 Å². The Balaban J connectivity index is 4.10. The molecule has 0 spiro atoms. The van der Waals surface area contributed by atoms with Gasteiger partial charge in [0.25, 0.3) is 10.1 Å². The molecule has 3 atom stereocenters. The molecule has 0 aliphatic heterocycles. The van der Waals surface area contributed by atoms with Gasteiger partial charge in [0.15, 0.2) is 0 Å². The monoisotopic (exact) mass is 726 g/mol. The van der Waals surface area contributed by atoms with Gasteiger partial charge in [-0.25, -0.2) is 0 Å². The summed E-state index contributed by atoms with van der Waals surface area (Å²) >= 11 is 0. The summed E-state index contributed by atoms with van der Waals surface area (Å²) in [7, 11) is -4.45. The maximum atomic E-state index is 12.6. The zero-order chi connectivity index (χ0) is 37.0. The van der Waals surface area contributed by atoms with Crippen molar-refractivity contribution in [2.45, 2.75) is 218 Å². The number of unbranched alkanes of at least 4 members (excludes halogenated alkanes) is 24. The molecule has 0 fully saturated rings. The SMILES string of the molecule is CCCCCCCCCCCC/C=C/CC/C=C/CC/C=C/C(O)C(CS(=O)(=O)O)NC(=O)C(O)CCCCCCCCCCCCCCC. The molecule has 294 valence electrons. The molecule has 4 N–H and O–H groups in total. The van der Waals surface area contributed by atoms with E-state index in [4.69, 9.17) is 0 Å². The first kappa shape index (κ1) is 48.5. The van der Waals surface area contributed by atoms with Gasteiger partial charge in [-0.2, -0.15) is 8.42 Å². The molecule has 7 nitrogen and oxygen atoms in total. The summed E-state index contributed by atoms with van der Waals surface area (Å²) < 4.78 is 32.5. The van der Waals surface area contributed by atoms with Crippen LogP contribution in [0.25, 0.3) is 0 Å². The Morgan fingerprint density at radius 1 is 0.540 bits per heavy atom. The molecule has 0 bridgehead atoms. The highest BCUT2D eigenvalue weighted by atomic mass is 32.2. The first-order valence-corrected chi connectivity index (χ1v) is 22.4. The van der Waals surface area contributed by atoms with Crippen molar-refractivity contribution in [3.8, 4) is 0 Å². The van der Waals surface area contributed by atoms with Gasteiger partial charge < -0.3 is 15.5 Å². The van der Waals surface area contributed by atoms with Crippen molar-refractivity contribution in [2.75, 3.05) is 5.75 Å². The van der Waals surface area contributed by atoms with Crippen LogP contribution in [0.5, 0.6) is 0 Å². The number of hydrogen-bond acceptors (Lipinski definition) is 5. The predicted octanol–water partition coefficient (Wildman–Crippen LogP) is 11.1. The molecular formula is C42H79NO6S. The van der Waals surface area contributed by atoms with Gasteiger partial charge in [-0.15, -0.1) is 0 Å². The summed E-state index contributed by atoms with van der Waals surface area (Å²) in [6.45, 7) is 4.50. The topological polar surface area (TPSA) is 124 Å². The normalized spacial score (nSPS) is 14.3. The van der Waals surface area contributed by atoms with E-state index in [1.54, 1.807) is 6.08 Å². The Hall–Kier alpha value is -1.48. The Bertz CT molecular complexity index is 948. The second-order valence-corrected chi connectivity index (χ2v) is 15.9. The Morgan fingerprint density at radius 2 is 0.900 bits per heavy atom. The number of rotatable bonds is 37. The number of carbonyl (C=O) groups is 1. The number of allylic oxidation sites excluding steroid dienone is 5. The Morgan fingerprint density at radius 3 is 1.32 bits per heavy atom. The van der Waals surface area contributed by atoms with Crippen LogP contribution in [0, 0.1) is 0 Å². The van der Waals surface area contributed by atoms with Crippen molar-refractivity contribution in [1.82, 2.24) is 5.32 Å². The minimum absolute atomic E-state index is 0.273. The van der Waals surface area contributed by atoms with E-state index in [-0.39, 0.29) is 6.42 Å². The molecule has 0 aliphatic carbocycles. The second-order valence-electron chi connectivity index (χ2n) is 14.4. The summed E-state index contributed by atoms with van der Waals surface area (Å²) in [6, 6.07) is -1.25. The standard InChI is InChI=1S/C42H79NO6S/c1-3-5-7-9-11-13-15-17-18-19-20-21-22-23-25-26-28-30-32-34-36-40(44)39(38-50(47,48)49)43-42(46)41(45)37-35-33-31-29-27-24-16-14-12-10-8-6-4-2/h21-22,26,28,34,36,39-41,44-45H,3-20,23-25,27,29-33,35,37-38H2,1-2H3,(H,43,46)(H,47,48,49)/b22-21+,28-26+,36-34+. The zero-order valence-electron chi connectivity index (χ0n) is 32.4. The maximum Gasteiger partial charge on any atom is 0.267 e. The van der Waals surface area contributed by atoms with Crippen LogP contribution in [-0.4, -0.2) is 53.1 Å². The predicted molar refractivity (Wildman–Crippen MR) is 213 cm³/mol. The van der Waals surface area contributed by atoms with Crippen molar-refractivity contribution in [1.29, 1.82) is 0 Å². The molecule has 0 aromatic heterocycles. The minimum Gasteiger partial charge on any atom is -0.387 e. The minimum atomic E-state index is -4.45. The van der Waals surface area contributed by atoms with Gasteiger partial charge in [0, 0.05) is 0 Å². The lowest BCUT2D eigenvalue weighted by Crippen LogP contribution is -2.50. The molecule has 50 heavy (non-hydrogen) atoms. The van der Waals surface area contributed by atoms with Gasteiger partial charge in [0.2, 0.25) is 5.91 Å². The molecule has 1 amide bonds. The average Bonchev–Trinajstić information content (AvgIpc) is 3.08. The highest BCUT2D eigenvalue weighted by Crippen LogP contribution is 2.15. The molecule has 0 rings (SSSR count). The van der Waals surface area contributed by atoms with Gasteiger partial charge in [0.1, 0.15) is 6.10 Å². The lowest BCUT2D eigenvalue weighted by Gasteiger charge is -2.22. The molecule has 0 heterocycles. The third-order valence-electron chi connectivity index (χ3n) is 9.40. The molecule has 0 saturated carbocycles. The van der Waals surface area contributed by atoms with E-state index < -0.39 is 40.0 Å². The molecule has 0 aromatic rings. The summed E-state index contributed by atoms with van der Waals surface area (Å²) in [5, 5.41) is 23.3. The summed E-state index contributed by atoms with van der Waals surface area (Å²) in [5.41, 5.74) is 0. The van der Waals surface area contributed by atoms with Crippen LogP contribution in [0.2, 0.25) is 0 Å². The number of aliphatic hydroxyl groups is 2. The molecule has 0 aliphatic rings. The van der Waals surface area contributed by atoms with Crippen LogP contribution < -0.4 is 5.32 Å². The average molecular weight is 726 g/mol. The van der Waals surface area contributed by atoms with Gasteiger partial charge in [-0.05, 0) is 44.9 Å². The van der Waals surface area contributed by atoms with E-state index in [0.717, 1.165) is 44.9 Å². The van der Waals surface area contributed by atoms with Crippen LogP contribution in [-0.2, 0) is 14.9 Å². The Kier molecular flexibility index (Phi) is 34.8.